The fraction of sp³-hybridized carbons (Fsp3) is 0.333. The topological polar surface area (TPSA) is 96.9 Å². The minimum absolute atomic E-state index is 0.132. The summed E-state index contributed by atoms with van der Waals surface area (Å²) in [6.07, 6.45) is -1.38. The minimum atomic E-state index is -0.689. The molecular weight excluding hydrogens is 252 g/mol. The molecule has 0 aliphatic heterocycles. The standard InChI is InChI=1S/C12H16N2O5/c1-3-18-11(16)13-8-6-5-7-9(10(8)15)14-12(17)19-4-2/h5-7,15H,3-4H2,1-2H3,(H,13,16)(H,14,17). The summed E-state index contributed by atoms with van der Waals surface area (Å²) in [6, 6.07) is 4.51. The van der Waals surface area contributed by atoms with Crippen molar-refractivity contribution in [2.24, 2.45) is 0 Å². The average Bonchev–Trinajstić information content (AvgIpc) is 2.35. The second-order valence-corrected chi connectivity index (χ2v) is 3.39. The molecule has 1 rings (SSSR count). The predicted octanol–water partition coefficient (Wildman–Crippen LogP) is 2.53. The van der Waals surface area contributed by atoms with Crippen molar-refractivity contribution in [1.29, 1.82) is 0 Å². The van der Waals surface area contributed by atoms with E-state index in [1.807, 2.05) is 0 Å². The molecule has 0 saturated carbocycles. The fourth-order valence-corrected chi connectivity index (χ4v) is 1.30. The molecule has 0 fully saturated rings. The van der Waals surface area contributed by atoms with Crippen LogP contribution >= 0.6 is 0 Å². The highest BCUT2D eigenvalue weighted by Gasteiger charge is 2.12. The fourth-order valence-electron chi connectivity index (χ4n) is 1.30. The van der Waals surface area contributed by atoms with E-state index in [9.17, 15) is 14.7 Å². The molecule has 0 atom stereocenters. The molecule has 7 nitrogen and oxygen atoms in total. The number of anilines is 2. The van der Waals surface area contributed by atoms with Crippen molar-refractivity contribution in [3.8, 4) is 5.75 Å². The van der Waals surface area contributed by atoms with E-state index in [0.717, 1.165) is 0 Å². The molecule has 1 aromatic rings. The van der Waals surface area contributed by atoms with Crippen LogP contribution in [0.15, 0.2) is 18.2 Å². The molecular formula is C12H16N2O5. The lowest BCUT2D eigenvalue weighted by Crippen LogP contribution is -2.15. The summed E-state index contributed by atoms with van der Waals surface area (Å²) in [5, 5.41) is 14.6. The van der Waals surface area contributed by atoms with Crippen LogP contribution in [-0.4, -0.2) is 30.5 Å². The highest BCUT2D eigenvalue weighted by molar-refractivity contribution is 5.92. The zero-order valence-corrected chi connectivity index (χ0v) is 10.7. The first-order valence-electron chi connectivity index (χ1n) is 5.78. The molecule has 0 bridgehead atoms. The number of amides is 2. The van der Waals surface area contributed by atoms with Gasteiger partial charge in [0.25, 0.3) is 0 Å². The molecule has 19 heavy (non-hydrogen) atoms. The molecule has 7 heteroatoms. The van der Waals surface area contributed by atoms with Gasteiger partial charge in [0.05, 0.1) is 24.6 Å². The number of ether oxygens (including phenoxy) is 2. The summed E-state index contributed by atoms with van der Waals surface area (Å²) in [7, 11) is 0. The second-order valence-electron chi connectivity index (χ2n) is 3.39. The smallest absolute Gasteiger partial charge is 0.411 e. The number of carbonyl (C=O) groups is 2. The average molecular weight is 268 g/mol. The molecule has 104 valence electrons. The molecule has 0 aliphatic carbocycles. The molecule has 0 aromatic heterocycles. The molecule has 0 aliphatic rings. The van der Waals surface area contributed by atoms with Crippen molar-refractivity contribution in [2.75, 3.05) is 23.8 Å². The number of hydrogen-bond donors (Lipinski definition) is 3. The lowest BCUT2D eigenvalue weighted by molar-refractivity contribution is 0.167. The van der Waals surface area contributed by atoms with Crippen LogP contribution in [0.25, 0.3) is 0 Å². The molecule has 0 radical (unpaired) electrons. The highest BCUT2D eigenvalue weighted by atomic mass is 16.6. The zero-order chi connectivity index (χ0) is 14.3. The maximum Gasteiger partial charge on any atom is 0.411 e. The van der Waals surface area contributed by atoms with Gasteiger partial charge in [0.1, 0.15) is 0 Å². The van der Waals surface area contributed by atoms with Crippen LogP contribution in [0.2, 0.25) is 0 Å². The Hall–Kier alpha value is -2.44. The van der Waals surface area contributed by atoms with E-state index < -0.39 is 12.2 Å². The quantitative estimate of drug-likeness (QED) is 0.729. The number of hydrogen-bond acceptors (Lipinski definition) is 5. The molecule has 0 heterocycles. The number of phenols is 1. The van der Waals surface area contributed by atoms with Gasteiger partial charge >= 0.3 is 12.2 Å². The lowest BCUT2D eigenvalue weighted by atomic mass is 10.2. The Morgan fingerprint density at radius 1 is 1.05 bits per heavy atom. The molecule has 1 aromatic carbocycles. The normalized spacial score (nSPS) is 9.58. The van der Waals surface area contributed by atoms with Crippen LogP contribution in [0.5, 0.6) is 5.75 Å². The first-order chi connectivity index (χ1) is 9.08. The number of phenolic OH excluding ortho intramolecular Hbond substituents is 1. The van der Waals surface area contributed by atoms with E-state index in [1.165, 1.54) is 12.1 Å². The minimum Gasteiger partial charge on any atom is -0.504 e. The Labute approximate surface area is 110 Å². The summed E-state index contributed by atoms with van der Waals surface area (Å²) in [5.41, 5.74) is 0.264. The van der Waals surface area contributed by atoms with Gasteiger partial charge in [0, 0.05) is 0 Å². The Bertz CT molecular complexity index is 423. The van der Waals surface area contributed by atoms with E-state index in [1.54, 1.807) is 19.9 Å². The Balaban J connectivity index is 2.80. The van der Waals surface area contributed by atoms with Crippen molar-refractivity contribution in [2.45, 2.75) is 13.8 Å². The van der Waals surface area contributed by atoms with Gasteiger partial charge in [-0.3, -0.25) is 10.6 Å². The van der Waals surface area contributed by atoms with Gasteiger partial charge in [0.15, 0.2) is 5.75 Å². The van der Waals surface area contributed by atoms with E-state index in [2.05, 4.69) is 20.1 Å². The SMILES string of the molecule is CCOC(=O)Nc1cccc(NC(=O)OCC)c1O. The van der Waals surface area contributed by atoms with Gasteiger partial charge in [-0.05, 0) is 26.0 Å². The summed E-state index contributed by atoms with van der Waals surface area (Å²) < 4.78 is 9.37. The Morgan fingerprint density at radius 2 is 1.47 bits per heavy atom. The van der Waals surface area contributed by atoms with Crippen molar-refractivity contribution < 1.29 is 24.2 Å². The lowest BCUT2D eigenvalue weighted by Gasteiger charge is -2.11. The van der Waals surface area contributed by atoms with Crippen LogP contribution in [0.3, 0.4) is 0 Å². The van der Waals surface area contributed by atoms with E-state index in [-0.39, 0.29) is 30.3 Å². The predicted molar refractivity (Wildman–Crippen MR) is 69.4 cm³/mol. The number of aromatic hydroxyl groups is 1. The monoisotopic (exact) mass is 268 g/mol. The highest BCUT2D eigenvalue weighted by Crippen LogP contribution is 2.31. The number of nitrogens with one attached hydrogen (secondary N) is 2. The van der Waals surface area contributed by atoms with Crippen molar-refractivity contribution in [1.82, 2.24) is 0 Å². The van der Waals surface area contributed by atoms with Crippen LogP contribution in [0, 0.1) is 0 Å². The summed E-state index contributed by atoms with van der Waals surface area (Å²) in [5.74, 6) is -0.274. The summed E-state index contributed by atoms with van der Waals surface area (Å²) >= 11 is 0. The van der Waals surface area contributed by atoms with E-state index in [4.69, 9.17) is 0 Å². The molecule has 0 unspecified atom stereocenters. The summed E-state index contributed by atoms with van der Waals surface area (Å²) in [6.45, 7) is 3.76. The Kier molecular flexibility index (Phi) is 5.46. The van der Waals surface area contributed by atoms with Crippen molar-refractivity contribution >= 4 is 23.6 Å². The third-order valence-electron chi connectivity index (χ3n) is 2.06. The van der Waals surface area contributed by atoms with Gasteiger partial charge < -0.3 is 14.6 Å². The maximum atomic E-state index is 11.2. The number of benzene rings is 1. The molecule has 2 amide bonds. The van der Waals surface area contributed by atoms with Crippen molar-refractivity contribution in [3.63, 3.8) is 0 Å². The van der Waals surface area contributed by atoms with Gasteiger partial charge in [-0.2, -0.15) is 0 Å². The summed E-state index contributed by atoms with van der Waals surface area (Å²) in [4.78, 5) is 22.5. The first kappa shape index (κ1) is 14.6. The number of rotatable bonds is 4. The van der Waals surface area contributed by atoms with E-state index >= 15 is 0 Å². The third kappa shape index (κ3) is 4.38. The van der Waals surface area contributed by atoms with Crippen LogP contribution in [-0.2, 0) is 9.47 Å². The van der Waals surface area contributed by atoms with Gasteiger partial charge in [-0.1, -0.05) is 6.07 Å². The number of para-hydroxylation sites is 1. The van der Waals surface area contributed by atoms with Crippen molar-refractivity contribution in [3.05, 3.63) is 18.2 Å². The van der Waals surface area contributed by atoms with Gasteiger partial charge in [-0.25, -0.2) is 9.59 Å². The van der Waals surface area contributed by atoms with Crippen LogP contribution < -0.4 is 10.6 Å². The number of carbonyl (C=O) groups excluding carboxylic acids is 2. The molecule has 3 N–H and O–H groups in total. The third-order valence-corrected chi connectivity index (χ3v) is 2.06. The first-order valence-corrected chi connectivity index (χ1v) is 5.78. The van der Waals surface area contributed by atoms with Gasteiger partial charge in [0.2, 0.25) is 0 Å². The molecule has 0 saturated heterocycles. The van der Waals surface area contributed by atoms with Gasteiger partial charge in [-0.15, -0.1) is 0 Å². The zero-order valence-electron chi connectivity index (χ0n) is 10.7. The maximum absolute atomic E-state index is 11.2. The second kappa shape index (κ2) is 7.10. The van der Waals surface area contributed by atoms with Crippen LogP contribution in [0.4, 0.5) is 21.0 Å². The Morgan fingerprint density at radius 3 is 1.84 bits per heavy atom. The van der Waals surface area contributed by atoms with E-state index in [0.29, 0.717) is 0 Å². The van der Waals surface area contributed by atoms with Crippen LogP contribution in [0.1, 0.15) is 13.8 Å². The molecule has 0 spiro atoms. The largest absolute Gasteiger partial charge is 0.504 e.